The number of nitrogens with one attached hydrogen (secondary N) is 1. The third kappa shape index (κ3) is 3.95. The summed E-state index contributed by atoms with van der Waals surface area (Å²) in [4.78, 5) is 2.34. The zero-order chi connectivity index (χ0) is 13.7. The van der Waals surface area contributed by atoms with Crippen LogP contribution in [0.2, 0.25) is 0 Å². The van der Waals surface area contributed by atoms with Gasteiger partial charge in [0, 0.05) is 25.3 Å². The van der Waals surface area contributed by atoms with Gasteiger partial charge >= 0.3 is 0 Å². The minimum absolute atomic E-state index is 0.301. The quantitative estimate of drug-likeness (QED) is 0.770. The Bertz CT molecular complexity index is 394. The van der Waals surface area contributed by atoms with Crippen molar-refractivity contribution < 1.29 is 5.11 Å². The molecule has 0 aromatic heterocycles. The Kier molecular flexibility index (Phi) is 5.23. The molecule has 1 aromatic carbocycles. The van der Waals surface area contributed by atoms with Crippen molar-refractivity contribution in [2.45, 2.75) is 32.8 Å². The van der Waals surface area contributed by atoms with E-state index in [4.69, 9.17) is 0 Å². The van der Waals surface area contributed by atoms with Gasteiger partial charge in [0.05, 0.1) is 6.10 Å². The molecule has 0 saturated heterocycles. The molecule has 2 N–H and O–H groups in total. The van der Waals surface area contributed by atoms with Crippen LogP contribution in [0.15, 0.2) is 24.3 Å². The molecule has 106 valence electrons. The largest absolute Gasteiger partial charge is 0.390 e. The molecule has 3 nitrogen and oxygen atoms in total. The van der Waals surface area contributed by atoms with Gasteiger partial charge in [0.25, 0.3) is 0 Å². The van der Waals surface area contributed by atoms with Crippen molar-refractivity contribution in [3.8, 4) is 0 Å². The number of nitrogens with zero attached hydrogens (tertiary/aromatic N) is 1. The number of hydrogen-bond acceptors (Lipinski definition) is 3. The lowest BCUT2D eigenvalue weighted by atomic mass is 9.93. The van der Waals surface area contributed by atoms with E-state index in [2.05, 4.69) is 48.3 Å². The number of anilines is 1. The van der Waals surface area contributed by atoms with Crippen molar-refractivity contribution in [1.82, 2.24) is 5.32 Å². The molecular weight excluding hydrogens is 236 g/mol. The van der Waals surface area contributed by atoms with Crippen molar-refractivity contribution in [3.05, 3.63) is 29.8 Å². The first-order valence-electron chi connectivity index (χ1n) is 7.42. The molecule has 0 fully saturated rings. The van der Waals surface area contributed by atoms with Gasteiger partial charge < -0.3 is 15.3 Å². The van der Waals surface area contributed by atoms with Gasteiger partial charge in [-0.1, -0.05) is 32.0 Å². The molecule has 0 spiro atoms. The van der Waals surface area contributed by atoms with E-state index in [9.17, 15) is 5.11 Å². The lowest BCUT2D eigenvalue weighted by molar-refractivity contribution is 0.175. The van der Waals surface area contributed by atoms with Crippen molar-refractivity contribution in [1.29, 1.82) is 0 Å². The summed E-state index contributed by atoms with van der Waals surface area (Å²) in [5.41, 5.74) is 2.71. The van der Waals surface area contributed by atoms with Crippen LogP contribution >= 0.6 is 0 Å². The van der Waals surface area contributed by atoms with Gasteiger partial charge in [-0.3, -0.25) is 0 Å². The fourth-order valence-corrected chi connectivity index (χ4v) is 2.84. The van der Waals surface area contributed by atoms with Crippen LogP contribution in [0.25, 0.3) is 0 Å². The van der Waals surface area contributed by atoms with E-state index in [1.54, 1.807) is 0 Å². The minimum atomic E-state index is -0.301. The number of rotatable bonds is 6. The summed E-state index contributed by atoms with van der Waals surface area (Å²) in [7, 11) is 0. The monoisotopic (exact) mass is 262 g/mol. The third-order valence-electron chi connectivity index (χ3n) is 3.67. The van der Waals surface area contributed by atoms with Crippen LogP contribution < -0.4 is 10.2 Å². The molecule has 1 aliphatic heterocycles. The van der Waals surface area contributed by atoms with Crippen LogP contribution in [0, 0.1) is 5.92 Å². The lowest BCUT2D eigenvalue weighted by Crippen LogP contribution is -2.42. The average Bonchev–Trinajstić information content (AvgIpc) is 2.39. The highest BCUT2D eigenvalue weighted by Gasteiger charge is 2.22. The van der Waals surface area contributed by atoms with Crippen molar-refractivity contribution >= 4 is 5.69 Å². The summed E-state index contributed by atoms with van der Waals surface area (Å²) < 4.78 is 0. The van der Waals surface area contributed by atoms with Crippen molar-refractivity contribution in [2.75, 3.05) is 31.1 Å². The van der Waals surface area contributed by atoms with Gasteiger partial charge in [-0.15, -0.1) is 0 Å². The molecule has 0 amide bonds. The average molecular weight is 262 g/mol. The topological polar surface area (TPSA) is 35.5 Å². The molecule has 0 radical (unpaired) electrons. The SMILES string of the molecule is CCCNCC(O)CN1CC(C)Cc2ccccc21. The van der Waals surface area contributed by atoms with E-state index in [1.165, 1.54) is 11.3 Å². The summed E-state index contributed by atoms with van der Waals surface area (Å²) >= 11 is 0. The Morgan fingerprint density at radius 3 is 3.00 bits per heavy atom. The molecule has 2 rings (SSSR count). The summed E-state index contributed by atoms with van der Waals surface area (Å²) in [6, 6.07) is 8.57. The highest BCUT2D eigenvalue weighted by molar-refractivity contribution is 5.55. The Labute approximate surface area is 116 Å². The van der Waals surface area contributed by atoms with E-state index in [1.807, 2.05) is 0 Å². The fraction of sp³-hybridized carbons (Fsp3) is 0.625. The van der Waals surface area contributed by atoms with E-state index >= 15 is 0 Å². The predicted molar refractivity (Wildman–Crippen MR) is 80.7 cm³/mol. The molecule has 0 bridgehead atoms. The summed E-state index contributed by atoms with van der Waals surface area (Å²) in [6.07, 6.45) is 1.96. The van der Waals surface area contributed by atoms with Crippen LogP contribution in [0.1, 0.15) is 25.8 Å². The second kappa shape index (κ2) is 6.92. The maximum atomic E-state index is 10.1. The van der Waals surface area contributed by atoms with E-state index in [0.717, 1.165) is 32.5 Å². The highest BCUT2D eigenvalue weighted by Crippen LogP contribution is 2.29. The Morgan fingerprint density at radius 1 is 1.42 bits per heavy atom. The zero-order valence-electron chi connectivity index (χ0n) is 12.1. The van der Waals surface area contributed by atoms with Crippen molar-refractivity contribution in [3.63, 3.8) is 0 Å². The number of hydrogen-bond donors (Lipinski definition) is 2. The molecule has 1 heterocycles. The zero-order valence-corrected chi connectivity index (χ0v) is 12.1. The van der Waals surface area contributed by atoms with Gasteiger partial charge in [0.2, 0.25) is 0 Å². The maximum absolute atomic E-state index is 10.1. The molecule has 0 aliphatic carbocycles. The number of fused-ring (bicyclic) bond motifs is 1. The Hall–Kier alpha value is -1.06. The smallest absolute Gasteiger partial charge is 0.0839 e. The molecule has 1 aliphatic rings. The van der Waals surface area contributed by atoms with Gasteiger partial charge in [-0.05, 0) is 36.9 Å². The minimum Gasteiger partial charge on any atom is -0.390 e. The first-order chi connectivity index (χ1) is 9.20. The second-order valence-electron chi connectivity index (χ2n) is 5.70. The first-order valence-corrected chi connectivity index (χ1v) is 7.42. The van der Waals surface area contributed by atoms with Crippen LogP contribution in [0.5, 0.6) is 0 Å². The van der Waals surface area contributed by atoms with E-state index < -0.39 is 0 Å². The predicted octanol–water partition coefficient (Wildman–Crippen LogP) is 2.05. The fourth-order valence-electron chi connectivity index (χ4n) is 2.84. The first kappa shape index (κ1) is 14.4. The number of aliphatic hydroxyl groups is 1. The Morgan fingerprint density at radius 2 is 2.21 bits per heavy atom. The van der Waals surface area contributed by atoms with Crippen molar-refractivity contribution in [2.24, 2.45) is 5.92 Å². The molecule has 3 heteroatoms. The van der Waals surface area contributed by atoms with Crippen LogP contribution in [0.3, 0.4) is 0 Å². The molecule has 1 aromatic rings. The van der Waals surface area contributed by atoms with Crippen LogP contribution in [-0.4, -0.2) is 37.4 Å². The summed E-state index contributed by atoms with van der Waals surface area (Å²) in [5, 5.41) is 13.4. The molecule has 2 atom stereocenters. The maximum Gasteiger partial charge on any atom is 0.0839 e. The highest BCUT2D eigenvalue weighted by atomic mass is 16.3. The van der Waals surface area contributed by atoms with Gasteiger partial charge in [-0.25, -0.2) is 0 Å². The molecule has 19 heavy (non-hydrogen) atoms. The number of β-amino-alcohol motifs (C(OH)–C–C–N with tert-alkyl or cyclic N) is 1. The molecular formula is C16H26N2O. The lowest BCUT2D eigenvalue weighted by Gasteiger charge is -2.36. The van der Waals surface area contributed by atoms with Crippen LogP contribution in [-0.2, 0) is 6.42 Å². The summed E-state index contributed by atoms with van der Waals surface area (Å²) in [5.74, 6) is 0.658. The standard InChI is InChI=1S/C16H26N2O/c1-3-8-17-10-15(19)12-18-11-13(2)9-14-6-4-5-7-16(14)18/h4-7,13,15,17,19H,3,8-12H2,1-2H3. The normalized spacial score (nSPS) is 20.2. The Balaban J connectivity index is 1.96. The third-order valence-corrected chi connectivity index (χ3v) is 3.67. The van der Waals surface area contributed by atoms with Gasteiger partial charge in [0.15, 0.2) is 0 Å². The van der Waals surface area contributed by atoms with Gasteiger partial charge in [-0.2, -0.15) is 0 Å². The van der Waals surface area contributed by atoms with E-state index in [0.29, 0.717) is 12.5 Å². The number of para-hydroxylation sites is 1. The number of benzene rings is 1. The van der Waals surface area contributed by atoms with E-state index in [-0.39, 0.29) is 6.10 Å². The molecule has 0 saturated carbocycles. The second-order valence-corrected chi connectivity index (χ2v) is 5.70. The van der Waals surface area contributed by atoms with Crippen LogP contribution in [0.4, 0.5) is 5.69 Å². The number of aliphatic hydroxyl groups excluding tert-OH is 1. The van der Waals surface area contributed by atoms with Gasteiger partial charge in [0.1, 0.15) is 0 Å². The molecule has 2 unspecified atom stereocenters. The summed E-state index contributed by atoms with van der Waals surface area (Å²) in [6.45, 7) is 7.84.